The van der Waals surface area contributed by atoms with Crippen LogP contribution in [0.3, 0.4) is 0 Å². The van der Waals surface area contributed by atoms with Gasteiger partial charge in [-0.05, 0) is 26.3 Å². The summed E-state index contributed by atoms with van der Waals surface area (Å²) in [6, 6.07) is 0. The predicted octanol–water partition coefficient (Wildman–Crippen LogP) is 1.02. The normalized spacial score (nSPS) is 22.6. The summed E-state index contributed by atoms with van der Waals surface area (Å²) < 4.78 is 7.36. The van der Waals surface area contributed by atoms with E-state index in [1.54, 1.807) is 14.2 Å². The van der Waals surface area contributed by atoms with E-state index in [1.807, 2.05) is 10.9 Å². The van der Waals surface area contributed by atoms with Gasteiger partial charge in [-0.2, -0.15) is 5.10 Å². The van der Waals surface area contributed by atoms with Crippen LogP contribution in [0.5, 0.6) is 0 Å². The fourth-order valence-electron chi connectivity index (χ4n) is 3.19. The predicted molar refractivity (Wildman–Crippen MR) is 80.8 cm³/mol. The third-order valence-electron chi connectivity index (χ3n) is 4.31. The molecule has 1 N–H and O–H groups in total. The van der Waals surface area contributed by atoms with Gasteiger partial charge in [-0.1, -0.05) is 0 Å². The van der Waals surface area contributed by atoms with Gasteiger partial charge in [-0.25, -0.2) is 0 Å². The second kappa shape index (κ2) is 7.04. The van der Waals surface area contributed by atoms with Gasteiger partial charge in [0, 0.05) is 45.4 Å². The smallest absolute Gasteiger partial charge is 0.221 e. The first-order valence-electron chi connectivity index (χ1n) is 7.59. The van der Waals surface area contributed by atoms with Gasteiger partial charge in [0.25, 0.3) is 0 Å². The Morgan fingerprint density at radius 3 is 3.00 bits per heavy atom. The van der Waals surface area contributed by atoms with Gasteiger partial charge < -0.3 is 10.1 Å². The van der Waals surface area contributed by atoms with Crippen molar-refractivity contribution in [1.29, 1.82) is 0 Å². The standard InChI is InChI=1S/C15H26N4O2/c1-4-19-11-13(9-17-19)10-18-7-5-6-15(18,12-21-3)8-14(20)16-2/h9,11H,4-8,10,12H2,1-3H3,(H,16,20)/t15-/m0/s1. The minimum Gasteiger partial charge on any atom is -0.383 e. The molecule has 0 unspecified atom stereocenters. The molecule has 1 saturated heterocycles. The van der Waals surface area contributed by atoms with Gasteiger partial charge in [0.1, 0.15) is 0 Å². The Bertz CT molecular complexity index is 474. The van der Waals surface area contributed by atoms with Crippen molar-refractivity contribution in [2.24, 2.45) is 0 Å². The van der Waals surface area contributed by atoms with Crippen LogP contribution >= 0.6 is 0 Å². The van der Waals surface area contributed by atoms with Gasteiger partial charge in [0.15, 0.2) is 0 Å². The van der Waals surface area contributed by atoms with E-state index >= 15 is 0 Å². The average molecular weight is 294 g/mol. The zero-order chi connectivity index (χ0) is 15.3. The SMILES string of the molecule is CCn1cc(CN2CCC[C@@]2(COC)CC(=O)NC)cn1. The molecule has 1 aliphatic heterocycles. The molecule has 21 heavy (non-hydrogen) atoms. The summed E-state index contributed by atoms with van der Waals surface area (Å²) in [6.07, 6.45) is 6.58. The molecule has 118 valence electrons. The van der Waals surface area contributed by atoms with Gasteiger partial charge in [0.05, 0.1) is 18.3 Å². The highest BCUT2D eigenvalue weighted by molar-refractivity contribution is 5.77. The zero-order valence-corrected chi connectivity index (χ0v) is 13.3. The van der Waals surface area contributed by atoms with Crippen LogP contribution in [0.4, 0.5) is 0 Å². The molecule has 0 aromatic carbocycles. The Labute approximate surface area is 126 Å². The number of methoxy groups -OCH3 is 1. The number of hydrogen-bond acceptors (Lipinski definition) is 4. The van der Waals surface area contributed by atoms with Crippen LogP contribution < -0.4 is 5.32 Å². The van der Waals surface area contributed by atoms with Crippen LogP contribution in [-0.4, -0.2) is 53.4 Å². The van der Waals surface area contributed by atoms with Crippen LogP contribution in [0.1, 0.15) is 31.7 Å². The fraction of sp³-hybridized carbons (Fsp3) is 0.733. The zero-order valence-electron chi connectivity index (χ0n) is 13.3. The lowest BCUT2D eigenvalue weighted by molar-refractivity contribution is -0.124. The second-order valence-corrected chi connectivity index (χ2v) is 5.74. The Hall–Kier alpha value is -1.40. The maximum atomic E-state index is 11.9. The van der Waals surface area contributed by atoms with Crippen molar-refractivity contribution in [2.75, 3.05) is 27.3 Å². The minimum atomic E-state index is -0.191. The number of rotatable bonds is 7. The number of nitrogens with zero attached hydrogens (tertiary/aromatic N) is 3. The van der Waals surface area contributed by atoms with Crippen LogP contribution in [0.25, 0.3) is 0 Å². The highest BCUT2D eigenvalue weighted by Gasteiger charge is 2.42. The number of aryl methyl sites for hydroxylation is 1. The van der Waals surface area contributed by atoms with Crippen LogP contribution in [0.2, 0.25) is 0 Å². The molecule has 0 aliphatic carbocycles. The lowest BCUT2D eigenvalue weighted by atomic mass is 9.92. The number of amides is 1. The molecule has 1 aromatic heterocycles. The molecule has 1 atom stereocenters. The molecular formula is C15H26N4O2. The maximum absolute atomic E-state index is 11.9. The van der Waals surface area contributed by atoms with Gasteiger partial charge in [-0.3, -0.25) is 14.4 Å². The molecule has 0 bridgehead atoms. The Morgan fingerprint density at radius 1 is 1.57 bits per heavy atom. The Morgan fingerprint density at radius 2 is 2.38 bits per heavy atom. The van der Waals surface area contributed by atoms with Crippen LogP contribution in [-0.2, 0) is 22.6 Å². The number of carbonyl (C=O) groups excluding carboxylic acids is 1. The van der Waals surface area contributed by atoms with Crippen LogP contribution in [0, 0.1) is 0 Å². The molecule has 6 nitrogen and oxygen atoms in total. The number of aromatic nitrogens is 2. The van der Waals surface area contributed by atoms with Crippen molar-refractivity contribution in [2.45, 2.75) is 44.8 Å². The summed E-state index contributed by atoms with van der Waals surface area (Å²) in [6.45, 7) is 5.36. The first kappa shape index (κ1) is 16.0. The number of carbonyl (C=O) groups is 1. The monoisotopic (exact) mass is 294 g/mol. The van der Waals surface area contributed by atoms with Crippen molar-refractivity contribution in [1.82, 2.24) is 20.0 Å². The first-order chi connectivity index (χ1) is 10.1. The van der Waals surface area contributed by atoms with E-state index in [0.29, 0.717) is 13.0 Å². The molecule has 2 heterocycles. The average Bonchev–Trinajstić information content (AvgIpc) is 3.08. The number of likely N-dealkylation sites (tertiary alicyclic amines) is 1. The van der Waals surface area contributed by atoms with Gasteiger partial charge in [0.2, 0.25) is 5.91 Å². The number of hydrogen-bond donors (Lipinski definition) is 1. The second-order valence-electron chi connectivity index (χ2n) is 5.74. The molecule has 1 fully saturated rings. The fourth-order valence-corrected chi connectivity index (χ4v) is 3.19. The summed E-state index contributed by atoms with van der Waals surface area (Å²) in [5.74, 6) is 0.0724. The van der Waals surface area contributed by atoms with E-state index < -0.39 is 0 Å². The van der Waals surface area contributed by atoms with Gasteiger partial charge in [-0.15, -0.1) is 0 Å². The molecule has 1 aliphatic rings. The molecule has 2 rings (SSSR count). The largest absolute Gasteiger partial charge is 0.383 e. The number of ether oxygens (including phenoxy) is 1. The van der Waals surface area contributed by atoms with E-state index in [9.17, 15) is 4.79 Å². The Balaban J connectivity index is 2.12. The lowest BCUT2D eigenvalue weighted by Gasteiger charge is -2.37. The van der Waals surface area contributed by atoms with Crippen molar-refractivity contribution < 1.29 is 9.53 Å². The van der Waals surface area contributed by atoms with E-state index in [0.717, 1.165) is 32.5 Å². The molecule has 1 aromatic rings. The van der Waals surface area contributed by atoms with E-state index in [-0.39, 0.29) is 11.4 Å². The van der Waals surface area contributed by atoms with Crippen molar-refractivity contribution in [3.8, 4) is 0 Å². The highest BCUT2D eigenvalue weighted by atomic mass is 16.5. The van der Waals surface area contributed by atoms with E-state index in [4.69, 9.17) is 4.74 Å². The Kier molecular flexibility index (Phi) is 5.36. The summed E-state index contributed by atoms with van der Waals surface area (Å²) in [4.78, 5) is 14.3. The molecule has 0 spiro atoms. The third kappa shape index (κ3) is 3.63. The van der Waals surface area contributed by atoms with E-state index in [2.05, 4.69) is 28.4 Å². The summed E-state index contributed by atoms with van der Waals surface area (Å²) in [7, 11) is 3.39. The van der Waals surface area contributed by atoms with Gasteiger partial charge >= 0.3 is 0 Å². The molecule has 0 saturated carbocycles. The van der Waals surface area contributed by atoms with Crippen molar-refractivity contribution in [3.63, 3.8) is 0 Å². The lowest BCUT2D eigenvalue weighted by Crippen LogP contribution is -2.49. The molecular weight excluding hydrogens is 268 g/mol. The number of nitrogens with one attached hydrogen (secondary N) is 1. The van der Waals surface area contributed by atoms with Crippen molar-refractivity contribution >= 4 is 5.91 Å². The quantitative estimate of drug-likeness (QED) is 0.816. The highest BCUT2D eigenvalue weighted by Crippen LogP contribution is 2.34. The third-order valence-corrected chi connectivity index (χ3v) is 4.31. The summed E-state index contributed by atoms with van der Waals surface area (Å²) >= 11 is 0. The molecule has 1 amide bonds. The van der Waals surface area contributed by atoms with E-state index in [1.165, 1.54) is 5.56 Å². The topological polar surface area (TPSA) is 59.4 Å². The van der Waals surface area contributed by atoms with Crippen LogP contribution in [0.15, 0.2) is 12.4 Å². The summed E-state index contributed by atoms with van der Waals surface area (Å²) in [5, 5.41) is 7.06. The summed E-state index contributed by atoms with van der Waals surface area (Å²) in [5.41, 5.74) is 1.000. The molecule has 0 radical (unpaired) electrons. The first-order valence-corrected chi connectivity index (χ1v) is 7.59. The molecule has 6 heteroatoms. The maximum Gasteiger partial charge on any atom is 0.221 e. The minimum absolute atomic E-state index is 0.0724. The van der Waals surface area contributed by atoms with Crippen molar-refractivity contribution in [3.05, 3.63) is 18.0 Å².